The molecule has 2 aliphatic rings. The zero-order chi connectivity index (χ0) is 15.5. The van der Waals surface area contributed by atoms with E-state index in [0.29, 0.717) is 6.54 Å². The van der Waals surface area contributed by atoms with Crippen molar-refractivity contribution in [1.82, 2.24) is 14.3 Å². The first-order chi connectivity index (χ1) is 9.87. The van der Waals surface area contributed by atoms with E-state index in [1.165, 1.54) is 6.42 Å². The number of nitrogens with zero attached hydrogens (tertiary/aromatic N) is 1. The van der Waals surface area contributed by atoms with Gasteiger partial charge in [0.05, 0.1) is 0 Å². The van der Waals surface area contributed by atoms with Crippen molar-refractivity contribution in [2.24, 2.45) is 5.41 Å². The van der Waals surface area contributed by atoms with Crippen molar-refractivity contribution in [3.8, 4) is 0 Å². The van der Waals surface area contributed by atoms with Crippen LogP contribution < -0.4 is 10.0 Å². The summed E-state index contributed by atoms with van der Waals surface area (Å²) in [5, 5.41) is 3.13. The van der Waals surface area contributed by atoms with Gasteiger partial charge in [-0.15, -0.1) is 0 Å². The molecule has 0 aromatic heterocycles. The first-order valence-electron chi connectivity index (χ1n) is 8.30. The Bertz CT molecular complexity index is 434. The molecule has 1 saturated carbocycles. The Morgan fingerprint density at radius 1 is 1.14 bits per heavy atom. The van der Waals surface area contributed by atoms with E-state index in [0.717, 1.165) is 45.1 Å². The van der Waals surface area contributed by atoms with Crippen LogP contribution in [0.25, 0.3) is 0 Å². The van der Waals surface area contributed by atoms with Crippen LogP contribution in [0, 0.1) is 5.41 Å². The van der Waals surface area contributed by atoms with Gasteiger partial charge in [-0.25, -0.2) is 0 Å². The molecule has 0 aromatic rings. The standard InChI is InChI=1S/C15H31N3O2S/c1-15(2)10-6-4-9-14(15)17-21(19,20)18-11-7-5-8-13(18)12-16-3/h13-14,16-17H,4-12H2,1-3H3. The Balaban J connectivity index is 2.09. The van der Waals surface area contributed by atoms with Gasteiger partial charge >= 0.3 is 0 Å². The zero-order valence-electron chi connectivity index (χ0n) is 13.7. The maximum absolute atomic E-state index is 12.8. The van der Waals surface area contributed by atoms with Gasteiger partial charge < -0.3 is 5.32 Å². The fourth-order valence-electron chi connectivity index (χ4n) is 3.69. The molecule has 1 saturated heterocycles. The molecule has 2 N–H and O–H groups in total. The van der Waals surface area contributed by atoms with Crippen LogP contribution in [0.1, 0.15) is 58.8 Å². The first kappa shape index (κ1) is 17.2. The van der Waals surface area contributed by atoms with E-state index in [-0.39, 0.29) is 17.5 Å². The molecule has 2 rings (SSSR count). The predicted molar refractivity (Wildman–Crippen MR) is 86.4 cm³/mol. The summed E-state index contributed by atoms with van der Waals surface area (Å²) in [4.78, 5) is 0. The minimum absolute atomic E-state index is 0.0552. The van der Waals surface area contributed by atoms with Gasteiger partial charge in [0.1, 0.15) is 0 Å². The topological polar surface area (TPSA) is 61.4 Å². The molecule has 21 heavy (non-hydrogen) atoms. The number of likely N-dealkylation sites (N-methyl/N-ethyl adjacent to an activating group) is 1. The van der Waals surface area contributed by atoms with Crippen LogP contribution in [0.2, 0.25) is 0 Å². The van der Waals surface area contributed by atoms with Crippen molar-refractivity contribution >= 4 is 10.2 Å². The monoisotopic (exact) mass is 317 g/mol. The van der Waals surface area contributed by atoms with E-state index in [1.807, 2.05) is 7.05 Å². The Morgan fingerprint density at radius 2 is 1.86 bits per heavy atom. The Morgan fingerprint density at radius 3 is 2.52 bits per heavy atom. The Labute approximate surface area is 130 Å². The smallest absolute Gasteiger partial charge is 0.280 e. The normalized spacial score (nSPS) is 31.2. The first-order valence-corrected chi connectivity index (χ1v) is 9.74. The van der Waals surface area contributed by atoms with Crippen LogP contribution in [0.15, 0.2) is 0 Å². The van der Waals surface area contributed by atoms with Gasteiger partial charge in [0.15, 0.2) is 0 Å². The minimum atomic E-state index is -3.38. The van der Waals surface area contributed by atoms with E-state index in [1.54, 1.807) is 4.31 Å². The van der Waals surface area contributed by atoms with Crippen molar-refractivity contribution in [1.29, 1.82) is 0 Å². The number of hydrogen-bond donors (Lipinski definition) is 2. The van der Waals surface area contributed by atoms with Gasteiger partial charge in [-0.3, -0.25) is 0 Å². The lowest BCUT2D eigenvalue weighted by atomic mass is 9.74. The summed E-state index contributed by atoms with van der Waals surface area (Å²) in [6.45, 7) is 5.74. The van der Waals surface area contributed by atoms with Gasteiger partial charge in [0.2, 0.25) is 0 Å². The molecule has 2 atom stereocenters. The summed E-state index contributed by atoms with van der Waals surface area (Å²) in [5.74, 6) is 0. The largest absolute Gasteiger partial charge is 0.318 e. The summed E-state index contributed by atoms with van der Waals surface area (Å²) in [6, 6.07) is 0.154. The molecular weight excluding hydrogens is 286 g/mol. The number of piperidine rings is 1. The Kier molecular flexibility index (Phi) is 5.68. The van der Waals surface area contributed by atoms with Gasteiger partial charge in [0, 0.05) is 25.2 Å². The highest BCUT2D eigenvalue weighted by Crippen LogP contribution is 2.36. The molecule has 5 nitrogen and oxygen atoms in total. The second-order valence-electron chi connectivity index (χ2n) is 7.23. The van der Waals surface area contributed by atoms with Crippen molar-refractivity contribution in [2.45, 2.75) is 70.9 Å². The molecule has 0 spiro atoms. The summed E-state index contributed by atoms with van der Waals surface area (Å²) in [7, 11) is -1.50. The molecule has 2 fully saturated rings. The molecule has 124 valence electrons. The van der Waals surface area contributed by atoms with Crippen molar-refractivity contribution in [3.63, 3.8) is 0 Å². The molecule has 1 aliphatic heterocycles. The molecule has 0 bridgehead atoms. The van der Waals surface area contributed by atoms with E-state index < -0.39 is 10.2 Å². The molecular formula is C15H31N3O2S. The maximum Gasteiger partial charge on any atom is 0.280 e. The van der Waals surface area contributed by atoms with Gasteiger partial charge in [-0.1, -0.05) is 33.1 Å². The maximum atomic E-state index is 12.8. The molecule has 2 unspecified atom stereocenters. The van der Waals surface area contributed by atoms with Crippen molar-refractivity contribution in [2.75, 3.05) is 20.1 Å². The van der Waals surface area contributed by atoms with E-state index in [9.17, 15) is 8.42 Å². The lowest BCUT2D eigenvalue weighted by Crippen LogP contribution is -2.56. The van der Waals surface area contributed by atoms with Gasteiger partial charge in [0.25, 0.3) is 10.2 Å². The summed E-state index contributed by atoms with van der Waals surface area (Å²) in [6.07, 6.45) is 7.42. The van der Waals surface area contributed by atoms with Crippen LogP contribution in [-0.4, -0.2) is 44.9 Å². The van der Waals surface area contributed by atoms with E-state index >= 15 is 0 Å². The Hall–Kier alpha value is -0.170. The second-order valence-corrected chi connectivity index (χ2v) is 8.88. The van der Waals surface area contributed by atoms with Gasteiger partial charge in [-0.05, 0) is 38.1 Å². The van der Waals surface area contributed by atoms with Crippen LogP contribution in [0.4, 0.5) is 0 Å². The lowest BCUT2D eigenvalue weighted by Gasteiger charge is -2.41. The van der Waals surface area contributed by atoms with Crippen LogP contribution in [0.3, 0.4) is 0 Å². The molecule has 1 heterocycles. The lowest BCUT2D eigenvalue weighted by molar-refractivity contribution is 0.180. The molecule has 6 heteroatoms. The van der Waals surface area contributed by atoms with Crippen LogP contribution in [-0.2, 0) is 10.2 Å². The van der Waals surface area contributed by atoms with Crippen LogP contribution >= 0.6 is 0 Å². The highest BCUT2D eigenvalue weighted by atomic mass is 32.2. The average Bonchev–Trinajstić information content (AvgIpc) is 2.42. The number of rotatable bonds is 5. The quantitative estimate of drug-likeness (QED) is 0.814. The van der Waals surface area contributed by atoms with Crippen molar-refractivity contribution < 1.29 is 8.42 Å². The highest BCUT2D eigenvalue weighted by molar-refractivity contribution is 7.87. The van der Waals surface area contributed by atoms with Gasteiger partial charge in [-0.2, -0.15) is 17.4 Å². The predicted octanol–water partition coefficient (Wildman–Crippen LogP) is 1.86. The van der Waals surface area contributed by atoms with E-state index in [2.05, 4.69) is 23.9 Å². The molecule has 0 amide bonds. The van der Waals surface area contributed by atoms with E-state index in [4.69, 9.17) is 0 Å². The molecule has 0 aromatic carbocycles. The molecule has 0 radical (unpaired) electrons. The fourth-order valence-corrected chi connectivity index (χ4v) is 5.56. The third kappa shape index (κ3) is 4.18. The SMILES string of the molecule is CNCC1CCCCN1S(=O)(=O)NC1CCCCC1(C)C. The second kappa shape index (κ2) is 6.94. The number of nitrogens with one attached hydrogen (secondary N) is 2. The highest BCUT2D eigenvalue weighted by Gasteiger charge is 2.38. The van der Waals surface area contributed by atoms with Crippen LogP contribution in [0.5, 0.6) is 0 Å². The summed E-state index contributed by atoms with van der Waals surface area (Å²) in [5.41, 5.74) is 0.0552. The fraction of sp³-hybridized carbons (Fsp3) is 1.00. The third-order valence-electron chi connectivity index (χ3n) is 5.12. The number of hydrogen-bond acceptors (Lipinski definition) is 3. The van der Waals surface area contributed by atoms with Crippen molar-refractivity contribution in [3.05, 3.63) is 0 Å². The third-order valence-corrected chi connectivity index (χ3v) is 6.80. The zero-order valence-corrected chi connectivity index (χ0v) is 14.5. The average molecular weight is 317 g/mol. The summed E-state index contributed by atoms with van der Waals surface area (Å²) < 4.78 is 30.3. The minimum Gasteiger partial charge on any atom is -0.318 e. The summed E-state index contributed by atoms with van der Waals surface area (Å²) >= 11 is 0. The molecule has 1 aliphatic carbocycles.